The highest BCUT2D eigenvalue weighted by Gasteiger charge is 2.19. The smallest absolute Gasteiger partial charge is 0.221 e. The van der Waals surface area contributed by atoms with E-state index in [9.17, 15) is 15.0 Å². The number of rotatable bonds is 4. The molecule has 0 unspecified atom stereocenters. The highest BCUT2D eigenvalue weighted by atomic mass is 32.1. The summed E-state index contributed by atoms with van der Waals surface area (Å²) < 4.78 is 1.12. The minimum absolute atomic E-state index is 0.0609. The molecule has 7 heteroatoms. The second-order valence-electron chi connectivity index (χ2n) is 7.56. The molecule has 0 saturated heterocycles. The first-order chi connectivity index (χ1) is 16.0. The molecule has 5 rings (SSSR count). The van der Waals surface area contributed by atoms with E-state index in [1.165, 1.54) is 13.0 Å². The number of nitrogens with zero attached hydrogens (tertiary/aromatic N) is 2. The molecule has 3 N–H and O–H groups in total. The molecule has 1 amide bonds. The number of aromatic hydroxyl groups is 2. The molecular weight excluding hydrogens is 434 g/mol. The Hall–Kier alpha value is -4.23. The summed E-state index contributed by atoms with van der Waals surface area (Å²) in [5, 5.41) is 23.7. The normalized spacial score (nSPS) is 10.9. The molecule has 0 atom stereocenters. The fourth-order valence-corrected chi connectivity index (χ4v) is 4.71. The topological polar surface area (TPSA) is 95.3 Å². The first-order valence-corrected chi connectivity index (χ1v) is 11.1. The Morgan fingerprint density at radius 3 is 2.42 bits per heavy atom. The van der Waals surface area contributed by atoms with E-state index >= 15 is 0 Å². The molecular formula is C26H19N3O3S. The van der Waals surface area contributed by atoms with Crippen LogP contribution in [0.4, 0.5) is 5.69 Å². The zero-order chi connectivity index (χ0) is 22.9. The van der Waals surface area contributed by atoms with Gasteiger partial charge in [0.2, 0.25) is 5.91 Å². The molecule has 6 nitrogen and oxygen atoms in total. The summed E-state index contributed by atoms with van der Waals surface area (Å²) in [6.45, 7) is 1.43. The molecule has 0 saturated carbocycles. The van der Waals surface area contributed by atoms with Gasteiger partial charge in [-0.25, -0.2) is 4.98 Å². The number of carbonyl (C=O) groups is 1. The van der Waals surface area contributed by atoms with Crippen LogP contribution in [0.15, 0.2) is 79.0 Å². The van der Waals surface area contributed by atoms with Gasteiger partial charge in [-0.1, -0.05) is 18.2 Å². The summed E-state index contributed by atoms with van der Waals surface area (Å²) >= 11 is 1.60. The summed E-state index contributed by atoms with van der Waals surface area (Å²) in [6, 6.07) is 21.7. The average Bonchev–Trinajstić information content (AvgIpc) is 3.24. The van der Waals surface area contributed by atoms with E-state index < -0.39 is 0 Å². The standard InChI is InChI=1S/C26H19N3O3S/c1-15(30)28-21-11-10-19(32)13-20(21)25-26(24-12-17-4-2-3-5-23(17)33-24)29-22(14-27-25)16-6-8-18(31)9-7-16/h2-14,31-32H,1H3,(H,28,30). The SMILES string of the molecule is CC(=O)Nc1ccc(O)cc1-c1ncc(-c2ccc(O)cc2)nc1-c1cc2ccccc2s1. The van der Waals surface area contributed by atoms with Crippen LogP contribution in [0.2, 0.25) is 0 Å². The molecule has 0 spiro atoms. The van der Waals surface area contributed by atoms with Crippen molar-refractivity contribution in [2.75, 3.05) is 5.32 Å². The lowest BCUT2D eigenvalue weighted by atomic mass is 10.0. The number of anilines is 1. The Morgan fingerprint density at radius 2 is 1.67 bits per heavy atom. The van der Waals surface area contributed by atoms with Crippen molar-refractivity contribution in [2.24, 2.45) is 0 Å². The van der Waals surface area contributed by atoms with Gasteiger partial charge in [0.15, 0.2) is 0 Å². The van der Waals surface area contributed by atoms with Crippen molar-refractivity contribution in [1.82, 2.24) is 9.97 Å². The maximum Gasteiger partial charge on any atom is 0.221 e. The van der Waals surface area contributed by atoms with Crippen molar-refractivity contribution in [3.63, 3.8) is 0 Å². The fourth-order valence-electron chi connectivity index (χ4n) is 3.65. The molecule has 3 aromatic carbocycles. The molecule has 0 bridgehead atoms. The van der Waals surface area contributed by atoms with Crippen molar-refractivity contribution in [2.45, 2.75) is 6.92 Å². The summed E-state index contributed by atoms with van der Waals surface area (Å²) in [4.78, 5) is 22.4. The van der Waals surface area contributed by atoms with E-state index in [-0.39, 0.29) is 17.4 Å². The first-order valence-electron chi connectivity index (χ1n) is 10.2. The molecule has 0 fully saturated rings. The molecule has 33 heavy (non-hydrogen) atoms. The number of phenolic OH excluding ortho intramolecular Hbond substituents is 2. The van der Waals surface area contributed by atoms with Crippen LogP contribution in [0, 0.1) is 0 Å². The van der Waals surface area contributed by atoms with E-state index in [1.807, 2.05) is 18.2 Å². The first kappa shape index (κ1) is 20.7. The van der Waals surface area contributed by atoms with Crippen molar-refractivity contribution in [1.29, 1.82) is 0 Å². The number of phenols is 2. The lowest BCUT2D eigenvalue weighted by Gasteiger charge is -2.14. The zero-order valence-corrected chi connectivity index (χ0v) is 18.4. The Kier molecular flexibility index (Phi) is 5.24. The van der Waals surface area contributed by atoms with E-state index in [4.69, 9.17) is 9.97 Å². The number of carbonyl (C=O) groups excluding carboxylic acids is 1. The van der Waals surface area contributed by atoms with Crippen LogP contribution in [-0.2, 0) is 4.79 Å². The molecule has 2 aromatic heterocycles. The second kappa shape index (κ2) is 8.37. The molecule has 0 aliphatic heterocycles. The summed E-state index contributed by atoms with van der Waals surface area (Å²) in [6.07, 6.45) is 1.65. The van der Waals surface area contributed by atoms with E-state index in [0.717, 1.165) is 20.5 Å². The number of fused-ring (bicyclic) bond motifs is 1. The number of aromatic nitrogens is 2. The van der Waals surface area contributed by atoms with Crippen molar-refractivity contribution in [3.8, 4) is 44.6 Å². The summed E-state index contributed by atoms with van der Waals surface area (Å²) in [5.74, 6) is 0.0117. The van der Waals surface area contributed by atoms with Crippen molar-refractivity contribution >= 4 is 33.0 Å². The van der Waals surface area contributed by atoms with E-state index in [1.54, 1.807) is 53.9 Å². The van der Waals surface area contributed by atoms with Gasteiger partial charge in [0.05, 0.1) is 28.1 Å². The van der Waals surface area contributed by atoms with Gasteiger partial charge in [-0.05, 0) is 60.0 Å². The molecule has 5 aromatic rings. The number of nitrogens with one attached hydrogen (secondary N) is 1. The van der Waals surface area contributed by atoms with Crippen LogP contribution < -0.4 is 5.32 Å². The Balaban J connectivity index is 1.75. The van der Waals surface area contributed by atoms with Crippen LogP contribution in [0.5, 0.6) is 11.5 Å². The number of benzene rings is 3. The van der Waals surface area contributed by atoms with Gasteiger partial charge in [0.1, 0.15) is 17.2 Å². The maximum absolute atomic E-state index is 11.8. The minimum Gasteiger partial charge on any atom is -0.508 e. The second-order valence-corrected chi connectivity index (χ2v) is 8.64. The van der Waals surface area contributed by atoms with Crippen LogP contribution in [0.3, 0.4) is 0 Å². The van der Waals surface area contributed by atoms with Gasteiger partial charge >= 0.3 is 0 Å². The largest absolute Gasteiger partial charge is 0.508 e. The predicted molar refractivity (Wildman–Crippen MR) is 131 cm³/mol. The lowest BCUT2D eigenvalue weighted by Crippen LogP contribution is -2.07. The maximum atomic E-state index is 11.8. The van der Waals surface area contributed by atoms with Crippen molar-refractivity contribution in [3.05, 3.63) is 79.0 Å². The number of amides is 1. The van der Waals surface area contributed by atoms with Crippen LogP contribution in [-0.4, -0.2) is 26.1 Å². The highest BCUT2D eigenvalue weighted by Crippen LogP contribution is 2.41. The van der Waals surface area contributed by atoms with Crippen LogP contribution >= 0.6 is 11.3 Å². The molecule has 0 aliphatic rings. The van der Waals surface area contributed by atoms with E-state index in [2.05, 4.69) is 17.4 Å². The third-order valence-electron chi connectivity index (χ3n) is 5.16. The van der Waals surface area contributed by atoms with Gasteiger partial charge in [-0.2, -0.15) is 0 Å². The third-order valence-corrected chi connectivity index (χ3v) is 6.29. The molecule has 0 radical (unpaired) electrons. The van der Waals surface area contributed by atoms with Crippen LogP contribution in [0.25, 0.3) is 43.2 Å². The lowest BCUT2D eigenvalue weighted by molar-refractivity contribution is -0.114. The quantitative estimate of drug-likeness (QED) is 0.287. The van der Waals surface area contributed by atoms with E-state index in [0.29, 0.717) is 28.3 Å². The number of thiophene rings is 1. The summed E-state index contributed by atoms with van der Waals surface area (Å²) in [5.41, 5.74) is 3.75. The van der Waals surface area contributed by atoms with Gasteiger partial charge in [-0.3, -0.25) is 9.78 Å². The molecule has 2 heterocycles. The summed E-state index contributed by atoms with van der Waals surface area (Å²) in [7, 11) is 0. The molecule has 0 aliphatic carbocycles. The number of hydrogen-bond acceptors (Lipinski definition) is 6. The highest BCUT2D eigenvalue weighted by molar-refractivity contribution is 7.22. The average molecular weight is 454 g/mol. The third kappa shape index (κ3) is 4.14. The minimum atomic E-state index is -0.223. The van der Waals surface area contributed by atoms with Gasteiger partial charge in [0, 0.05) is 22.8 Å². The zero-order valence-electron chi connectivity index (χ0n) is 17.6. The van der Waals surface area contributed by atoms with Gasteiger partial charge < -0.3 is 15.5 Å². The Bertz CT molecular complexity index is 1460. The van der Waals surface area contributed by atoms with Gasteiger partial charge in [-0.15, -0.1) is 11.3 Å². The Labute approximate surface area is 193 Å². The van der Waals surface area contributed by atoms with Gasteiger partial charge in [0.25, 0.3) is 0 Å². The Morgan fingerprint density at radius 1 is 0.909 bits per heavy atom. The van der Waals surface area contributed by atoms with Crippen molar-refractivity contribution < 1.29 is 15.0 Å². The number of hydrogen-bond donors (Lipinski definition) is 3. The monoisotopic (exact) mass is 453 g/mol. The fraction of sp³-hybridized carbons (Fsp3) is 0.0385. The van der Waals surface area contributed by atoms with Crippen LogP contribution in [0.1, 0.15) is 6.92 Å². The predicted octanol–water partition coefficient (Wildman–Crippen LogP) is 6.06. The molecule has 162 valence electrons.